The average Bonchev–Trinajstić information content (AvgIpc) is 2.19. The molecular weight excluding hydrogens is 220 g/mol. The van der Waals surface area contributed by atoms with Crippen LogP contribution in [-0.2, 0) is 6.54 Å². The highest BCUT2D eigenvalue weighted by Gasteiger charge is 2.15. The van der Waals surface area contributed by atoms with Gasteiger partial charge >= 0.3 is 0 Å². The molecular formula is C13H21ClN2. The minimum absolute atomic E-state index is 0.499. The SMILES string of the molecule is CC(C)N(Cc1cccc(Cl)c1N)C(C)C. The third-order valence-corrected chi connectivity index (χ3v) is 3.15. The Morgan fingerprint density at radius 1 is 1.19 bits per heavy atom. The van der Waals surface area contributed by atoms with E-state index in [1.807, 2.05) is 18.2 Å². The quantitative estimate of drug-likeness (QED) is 0.816. The van der Waals surface area contributed by atoms with Crippen molar-refractivity contribution in [2.24, 2.45) is 0 Å². The number of benzene rings is 1. The standard InChI is InChI=1S/C13H21ClN2/c1-9(2)16(10(3)4)8-11-6-5-7-12(14)13(11)15/h5-7,9-10H,8,15H2,1-4H3. The number of hydrogen-bond donors (Lipinski definition) is 1. The smallest absolute Gasteiger partial charge is 0.0638 e. The van der Waals surface area contributed by atoms with Gasteiger partial charge in [-0.2, -0.15) is 0 Å². The van der Waals surface area contributed by atoms with Crippen molar-refractivity contribution in [3.05, 3.63) is 28.8 Å². The van der Waals surface area contributed by atoms with Crippen LogP contribution in [0.5, 0.6) is 0 Å². The Morgan fingerprint density at radius 3 is 2.25 bits per heavy atom. The maximum absolute atomic E-state index is 6.01. The molecule has 0 bridgehead atoms. The molecule has 0 unspecified atom stereocenters. The fourth-order valence-electron chi connectivity index (χ4n) is 1.88. The van der Waals surface area contributed by atoms with Gasteiger partial charge < -0.3 is 5.73 Å². The van der Waals surface area contributed by atoms with E-state index in [2.05, 4.69) is 32.6 Å². The molecule has 2 N–H and O–H groups in total. The molecule has 0 aliphatic rings. The largest absolute Gasteiger partial charge is 0.397 e. The van der Waals surface area contributed by atoms with E-state index < -0.39 is 0 Å². The molecule has 0 saturated carbocycles. The third kappa shape index (κ3) is 3.13. The summed E-state index contributed by atoms with van der Waals surface area (Å²) in [6, 6.07) is 6.82. The van der Waals surface area contributed by atoms with Gasteiger partial charge in [-0.05, 0) is 39.3 Å². The summed E-state index contributed by atoms with van der Waals surface area (Å²) in [5.41, 5.74) is 7.78. The molecule has 0 spiro atoms. The Labute approximate surface area is 103 Å². The molecule has 1 aromatic rings. The van der Waals surface area contributed by atoms with Gasteiger partial charge in [0.05, 0.1) is 10.7 Å². The van der Waals surface area contributed by atoms with Crippen molar-refractivity contribution in [3.63, 3.8) is 0 Å². The zero-order valence-corrected chi connectivity index (χ0v) is 11.3. The maximum Gasteiger partial charge on any atom is 0.0638 e. The molecule has 0 aromatic heterocycles. The van der Waals surface area contributed by atoms with Gasteiger partial charge in [-0.15, -0.1) is 0 Å². The number of halogens is 1. The molecule has 0 saturated heterocycles. The summed E-state index contributed by atoms with van der Waals surface area (Å²) in [5, 5.41) is 0.643. The van der Waals surface area contributed by atoms with Gasteiger partial charge in [-0.3, -0.25) is 4.90 Å². The Morgan fingerprint density at radius 2 is 1.75 bits per heavy atom. The summed E-state index contributed by atoms with van der Waals surface area (Å²) in [5.74, 6) is 0. The van der Waals surface area contributed by atoms with Crippen molar-refractivity contribution in [3.8, 4) is 0 Å². The Bertz CT molecular complexity index is 340. The number of nitrogen functional groups attached to an aromatic ring is 1. The van der Waals surface area contributed by atoms with Gasteiger partial charge in [0.1, 0.15) is 0 Å². The van der Waals surface area contributed by atoms with Crippen molar-refractivity contribution < 1.29 is 0 Å². The minimum atomic E-state index is 0.499. The molecule has 0 atom stereocenters. The van der Waals surface area contributed by atoms with Crippen molar-refractivity contribution in [1.82, 2.24) is 4.90 Å². The topological polar surface area (TPSA) is 29.3 Å². The molecule has 0 aliphatic heterocycles. The lowest BCUT2D eigenvalue weighted by Gasteiger charge is -2.31. The highest BCUT2D eigenvalue weighted by atomic mass is 35.5. The number of anilines is 1. The van der Waals surface area contributed by atoms with Crippen molar-refractivity contribution >= 4 is 17.3 Å². The van der Waals surface area contributed by atoms with Gasteiger partial charge in [0, 0.05) is 18.6 Å². The van der Waals surface area contributed by atoms with E-state index in [-0.39, 0.29) is 0 Å². The molecule has 0 radical (unpaired) electrons. The summed E-state index contributed by atoms with van der Waals surface area (Å²) in [4.78, 5) is 2.39. The Balaban J connectivity index is 2.90. The van der Waals surface area contributed by atoms with Crippen LogP contribution in [-0.4, -0.2) is 17.0 Å². The van der Waals surface area contributed by atoms with Crippen molar-refractivity contribution in [2.75, 3.05) is 5.73 Å². The first-order valence-electron chi connectivity index (χ1n) is 5.72. The molecule has 1 rings (SSSR count). The fourth-order valence-corrected chi connectivity index (χ4v) is 2.07. The molecule has 0 amide bonds. The van der Waals surface area contributed by atoms with Crippen LogP contribution in [0.3, 0.4) is 0 Å². The predicted octanol–water partition coefficient (Wildman–Crippen LogP) is 3.54. The molecule has 0 aliphatic carbocycles. The van der Waals surface area contributed by atoms with E-state index in [0.717, 1.165) is 12.1 Å². The lowest BCUT2D eigenvalue weighted by Crippen LogP contribution is -2.36. The number of hydrogen-bond acceptors (Lipinski definition) is 2. The Kier molecular flexibility index (Phi) is 4.63. The molecule has 3 heteroatoms. The van der Waals surface area contributed by atoms with Gasteiger partial charge in [-0.1, -0.05) is 23.7 Å². The third-order valence-electron chi connectivity index (χ3n) is 2.82. The number of para-hydroxylation sites is 1. The Hall–Kier alpha value is -0.730. The first kappa shape index (κ1) is 13.3. The van der Waals surface area contributed by atoms with Crippen LogP contribution in [0.15, 0.2) is 18.2 Å². The second-order valence-corrected chi connectivity index (χ2v) is 5.08. The highest BCUT2D eigenvalue weighted by Crippen LogP contribution is 2.24. The lowest BCUT2D eigenvalue weighted by atomic mass is 10.1. The molecule has 0 fully saturated rings. The van der Waals surface area contributed by atoms with Crippen LogP contribution < -0.4 is 5.73 Å². The summed E-state index contributed by atoms with van der Waals surface area (Å²) in [6.45, 7) is 9.63. The predicted molar refractivity (Wildman–Crippen MR) is 71.7 cm³/mol. The second kappa shape index (κ2) is 5.55. The summed E-state index contributed by atoms with van der Waals surface area (Å²) >= 11 is 6.01. The van der Waals surface area contributed by atoms with Crippen LogP contribution in [0.25, 0.3) is 0 Å². The van der Waals surface area contributed by atoms with Gasteiger partial charge in [-0.25, -0.2) is 0 Å². The van der Waals surface area contributed by atoms with Crippen LogP contribution in [0.1, 0.15) is 33.3 Å². The maximum atomic E-state index is 6.01. The van der Waals surface area contributed by atoms with Gasteiger partial charge in [0.15, 0.2) is 0 Å². The molecule has 90 valence electrons. The van der Waals surface area contributed by atoms with E-state index in [1.54, 1.807) is 0 Å². The highest BCUT2D eigenvalue weighted by molar-refractivity contribution is 6.33. The van der Waals surface area contributed by atoms with E-state index in [4.69, 9.17) is 17.3 Å². The van der Waals surface area contributed by atoms with E-state index in [9.17, 15) is 0 Å². The van der Waals surface area contributed by atoms with Gasteiger partial charge in [0.25, 0.3) is 0 Å². The summed E-state index contributed by atoms with van der Waals surface area (Å²) < 4.78 is 0. The zero-order chi connectivity index (χ0) is 12.3. The van der Waals surface area contributed by atoms with Crippen LogP contribution in [0.2, 0.25) is 5.02 Å². The first-order valence-corrected chi connectivity index (χ1v) is 6.10. The van der Waals surface area contributed by atoms with E-state index in [0.29, 0.717) is 22.8 Å². The second-order valence-electron chi connectivity index (χ2n) is 4.67. The monoisotopic (exact) mass is 240 g/mol. The molecule has 2 nitrogen and oxygen atoms in total. The van der Waals surface area contributed by atoms with Gasteiger partial charge in [0.2, 0.25) is 0 Å². The van der Waals surface area contributed by atoms with Crippen molar-refractivity contribution in [1.29, 1.82) is 0 Å². The molecule has 0 heterocycles. The lowest BCUT2D eigenvalue weighted by molar-refractivity contribution is 0.166. The molecule has 1 aromatic carbocycles. The van der Waals surface area contributed by atoms with Crippen LogP contribution in [0.4, 0.5) is 5.69 Å². The normalized spacial score (nSPS) is 11.8. The fraction of sp³-hybridized carbons (Fsp3) is 0.538. The molecule has 16 heavy (non-hydrogen) atoms. The summed E-state index contributed by atoms with van der Waals surface area (Å²) in [7, 11) is 0. The number of nitrogens with zero attached hydrogens (tertiary/aromatic N) is 1. The van der Waals surface area contributed by atoms with Crippen molar-refractivity contribution in [2.45, 2.75) is 46.3 Å². The van der Waals surface area contributed by atoms with Crippen LogP contribution >= 0.6 is 11.6 Å². The first-order chi connectivity index (χ1) is 7.43. The summed E-state index contributed by atoms with van der Waals surface area (Å²) in [6.07, 6.45) is 0. The minimum Gasteiger partial charge on any atom is -0.397 e. The number of rotatable bonds is 4. The van der Waals surface area contributed by atoms with Crippen LogP contribution in [0, 0.1) is 0 Å². The zero-order valence-electron chi connectivity index (χ0n) is 10.5. The number of nitrogens with two attached hydrogens (primary N) is 1. The van der Waals surface area contributed by atoms with E-state index >= 15 is 0 Å². The van der Waals surface area contributed by atoms with E-state index in [1.165, 1.54) is 0 Å². The average molecular weight is 241 g/mol.